The first kappa shape index (κ1) is 18.4. The molecule has 5 rings (SSSR count). The summed E-state index contributed by atoms with van der Waals surface area (Å²) < 4.78 is 0. The first-order valence-corrected chi connectivity index (χ1v) is 10.2. The summed E-state index contributed by atoms with van der Waals surface area (Å²) in [5.41, 5.74) is 11.8. The quantitative estimate of drug-likeness (QED) is 0.528. The van der Waals surface area contributed by atoms with Gasteiger partial charge in [0.1, 0.15) is 5.82 Å². The van der Waals surface area contributed by atoms with Gasteiger partial charge >= 0.3 is 0 Å². The van der Waals surface area contributed by atoms with E-state index < -0.39 is 0 Å². The lowest BCUT2D eigenvalue weighted by molar-refractivity contribution is 0.546. The van der Waals surface area contributed by atoms with Crippen LogP contribution in [0.5, 0.6) is 0 Å². The standard InChI is InChI=1S/C24H24N6/c1-17-16-29(21-3-2-10-26-14-21)11-12-30(17)24-15-27-22-9-6-19(13-23(22)28-24)18-4-7-20(25)8-5-18/h2-10,13-15,17H,11-12,16,25H2,1H3. The third kappa shape index (κ3) is 3.52. The van der Waals surface area contributed by atoms with Crippen LogP contribution in [0.3, 0.4) is 0 Å². The Labute approximate surface area is 176 Å². The monoisotopic (exact) mass is 396 g/mol. The number of fused-ring (bicyclic) bond motifs is 1. The smallest absolute Gasteiger partial charge is 0.148 e. The van der Waals surface area contributed by atoms with Gasteiger partial charge in [0.15, 0.2) is 0 Å². The molecule has 1 fully saturated rings. The molecule has 2 aromatic heterocycles. The van der Waals surface area contributed by atoms with E-state index >= 15 is 0 Å². The van der Waals surface area contributed by atoms with Crippen molar-refractivity contribution in [2.75, 3.05) is 35.2 Å². The Morgan fingerprint density at radius 3 is 2.53 bits per heavy atom. The minimum Gasteiger partial charge on any atom is -0.399 e. The lowest BCUT2D eigenvalue weighted by Gasteiger charge is -2.41. The molecule has 1 saturated heterocycles. The second-order valence-corrected chi connectivity index (χ2v) is 7.75. The van der Waals surface area contributed by atoms with Gasteiger partial charge in [-0.1, -0.05) is 18.2 Å². The topological polar surface area (TPSA) is 71.2 Å². The molecule has 0 spiro atoms. The zero-order chi connectivity index (χ0) is 20.5. The Morgan fingerprint density at radius 2 is 1.77 bits per heavy atom. The van der Waals surface area contributed by atoms with Crippen LogP contribution in [0.25, 0.3) is 22.2 Å². The highest BCUT2D eigenvalue weighted by molar-refractivity contribution is 5.82. The molecular formula is C24H24N6. The molecule has 2 N–H and O–H groups in total. The van der Waals surface area contributed by atoms with E-state index in [0.717, 1.165) is 53.3 Å². The van der Waals surface area contributed by atoms with Crippen molar-refractivity contribution in [1.29, 1.82) is 0 Å². The largest absolute Gasteiger partial charge is 0.399 e. The number of benzene rings is 2. The fourth-order valence-electron chi connectivity index (χ4n) is 4.07. The maximum atomic E-state index is 5.82. The lowest BCUT2D eigenvalue weighted by Crippen LogP contribution is -2.52. The molecular weight excluding hydrogens is 372 g/mol. The molecule has 1 aliphatic heterocycles. The molecule has 0 bridgehead atoms. The lowest BCUT2D eigenvalue weighted by atomic mass is 10.0. The van der Waals surface area contributed by atoms with E-state index in [9.17, 15) is 0 Å². The molecule has 0 saturated carbocycles. The predicted octanol–water partition coefficient (Wildman–Crippen LogP) is 3.99. The number of piperazine rings is 1. The van der Waals surface area contributed by atoms with Crippen LogP contribution in [0.2, 0.25) is 0 Å². The number of pyridine rings is 1. The van der Waals surface area contributed by atoms with E-state index in [-0.39, 0.29) is 0 Å². The van der Waals surface area contributed by atoms with Gasteiger partial charge in [-0.05, 0) is 54.4 Å². The van der Waals surface area contributed by atoms with Crippen LogP contribution in [0.15, 0.2) is 73.2 Å². The highest BCUT2D eigenvalue weighted by Crippen LogP contribution is 2.27. The molecule has 30 heavy (non-hydrogen) atoms. The van der Waals surface area contributed by atoms with Crippen LogP contribution in [0.4, 0.5) is 17.2 Å². The summed E-state index contributed by atoms with van der Waals surface area (Å²) in [5.74, 6) is 0.926. The van der Waals surface area contributed by atoms with Crippen molar-refractivity contribution in [3.05, 3.63) is 73.2 Å². The second-order valence-electron chi connectivity index (χ2n) is 7.75. The van der Waals surface area contributed by atoms with Gasteiger partial charge in [-0.3, -0.25) is 9.97 Å². The van der Waals surface area contributed by atoms with Gasteiger partial charge in [-0.15, -0.1) is 0 Å². The summed E-state index contributed by atoms with van der Waals surface area (Å²) in [6, 6.07) is 18.6. The highest BCUT2D eigenvalue weighted by atomic mass is 15.3. The van der Waals surface area contributed by atoms with Crippen molar-refractivity contribution in [2.24, 2.45) is 0 Å². The van der Waals surface area contributed by atoms with Gasteiger partial charge in [0.05, 0.1) is 29.1 Å². The van der Waals surface area contributed by atoms with E-state index in [0.29, 0.717) is 6.04 Å². The number of nitrogens with two attached hydrogens (primary N) is 1. The third-order valence-electron chi connectivity index (χ3n) is 5.71. The molecule has 2 aromatic carbocycles. The molecule has 1 unspecified atom stereocenters. The van der Waals surface area contributed by atoms with Crippen LogP contribution in [0, 0.1) is 0 Å². The molecule has 0 aliphatic carbocycles. The predicted molar refractivity (Wildman–Crippen MR) is 123 cm³/mol. The Hall–Kier alpha value is -3.67. The van der Waals surface area contributed by atoms with E-state index in [2.05, 4.69) is 44.9 Å². The maximum Gasteiger partial charge on any atom is 0.148 e. The minimum absolute atomic E-state index is 0.325. The second kappa shape index (κ2) is 7.63. The SMILES string of the molecule is CC1CN(c2cccnc2)CCN1c1cnc2ccc(-c3ccc(N)cc3)cc2n1. The number of aromatic nitrogens is 3. The molecule has 3 heterocycles. The fraction of sp³-hybridized carbons (Fsp3) is 0.208. The summed E-state index contributed by atoms with van der Waals surface area (Å²) in [6.45, 7) is 4.99. The fourth-order valence-corrected chi connectivity index (χ4v) is 4.07. The Kier molecular flexibility index (Phi) is 4.67. The summed E-state index contributed by atoms with van der Waals surface area (Å²) in [7, 11) is 0. The number of hydrogen-bond acceptors (Lipinski definition) is 6. The van der Waals surface area contributed by atoms with Crippen molar-refractivity contribution < 1.29 is 0 Å². The first-order valence-electron chi connectivity index (χ1n) is 10.2. The Bertz CT molecular complexity index is 1160. The number of nitrogen functional groups attached to an aromatic ring is 1. The average molecular weight is 396 g/mol. The van der Waals surface area contributed by atoms with Gasteiger partial charge in [-0.25, -0.2) is 4.98 Å². The number of anilines is 3. The van der Waals surface area contributed by atoms with Crippen molar-refractivity contribution in [1.82, 2.24) is 15.0 Å². The van der Waals surface area contributed by atoms with Gasteiger partial charge in [0.2, 0.25) is 0 Å². The maximum absolute atomic E-state index is 5.82. The zero-order valence-corrected chi connectivity index (χ0v) is 16.9. The molecule has 150 valence electrons. The van der Waals surface area contributed by atoms with Crippen LogP contribution in [-0.4, -0.2) is 40.6 Å². The number of nitrogens with zero attached hydrogens (tertiary/aromatic N) is 5. The van der Waals surface area contributed by atoms with Crippen LogP contribution < -0.4 is 15.5 Å². The van der Waals surface area contributed by atoms with Gasteiger partial charge in [0, 0.05) is 37.6 Å². The summed E-state index contributed by atoms with van der Waals surface area (Å²) in [6.07, 6.45) is 5.63. The van der Waals surface area contributed by atoms with Crippen LogP contribution >= 0.6 is 0 Å². The summed E-state index contributed by atoms with van der Waals surface area (Å²) >= 11 is 0. The summed E-state index contributed by atoms with van der Waals surface area (Å²) in [5, 5.41) is 0. The molecule has 1 aliphatic rings. The first-order chi connectivity index (χ1) is 14.7. The number of rotatable bonds is 3. The number of hydrogen-bond donors (Lipinski definition) is 1. The van der Waals surface area contributed by atoms with Crippen molar-refractivity contribution in [2.45, 2.75) is 13.0 Å². The van der Waals surface area contributed by atoms with E-state index in [4.69, 9.17) is 10.7 Å². The molecule has 6 heteroatoms. The van der Waals surface area contributed by atoms with Crippen LogP contribution in [0.1, 0.15) is 6.92 Å². The zero-order valence-electron chi connectivity index (χ0n) is 16.9. The van der Waals surface area contributed by atoms with E-state index in [1.54, 1.807) is 0 Å². The van der Waals surface area contributed by atoms with E-state index in [1.807, 2.05) is 55.0 Å². The Morgan fingerprint density at radius 1 is 0.933 bits per heavy atom. The average Bonchev–Trinajstić information content (AvgIpc) is 2.79. The molecule has 0 amide bonds. The molecule has 4 aromatic rings. The highest BCUT2D eigenvalue weighted by Gasteiger charge is 2.25. The van der Waals surface area contributed by atoms with Gasteiger partial charge < -0.3 is 15.5 Å². The third-order valence-corrected chi connectivity index (χ3v) is 5.71. The molecule has 0 radical (unpaired) electrons. The normalized spacial score (nSPS) is 16.8. The van der Waals surface area contributed by atoms with Crippen LogP contribution in [-0.2, 0) is 0 Å². The molecule has 6 nitrogen and oxygen atoms in total. The van der Waals surface area contributed by atoms with Gasteiger partial charge in [0.25, 0.3) is 0 Å². The van der Waals surface area contributed by atoms with Crippen molar-refractivity contribution in [3.8, 4) is 11.1 Å². The van der Waals surface area contributed by atoms with Gasteiger partial charge in [-0.2, -0.15) is 0 Å². The minimum atomic E-state index is 0.325. The van der Waals surface area contributed by atoms with Crippen molar-refractivity contribution in [3.63, 3.8) is 0 Å². The molecule has 1 atom stereocenters. The van der Waals surface area contributed by atoms with Crippen molar-refractivity contribution >= 4 is 28.2 Å². The Balaban J connectivity index is 1.41. The summed E-state index contributed by atoms with van der Waals surface area (Å²) in [4.78, 5) is 18.6. The van der Waals surface area contributed by atoms with E-state index in [1.165, 1.54) is 5.69 Å².